The molecule has 0 radical (unpaired) electrons. The highest BCUT2D eigenvalue weighted by atomic mass is 35.5. The van der Waals surface area contributed by atoms with Crippen LogP contribution < -0.4 is 10.6 Å². The number of rotatable bonds is 4. The summed E-state index contributed by atoms with van der Waals surface area (Å²) in [6.07, 6.45) is 0.0483. The average molecular weight is 408 g/mol. The van der Waals surface area contributed by atoms with Crippen molar-refractivity contribution in [2.45, 2.75) is 18.6 Å². The zero-order valence-electron chi connectivity index (χ0n) is 13.8. The predicted molar refractivity (Wildman–Crippen MR) is 108 cm³/mol. The molecule has 2 aromatic rings. The van der Waals surface area contributed by atoms with Gasteiger partial charge in [0, 0.05) is 17.1 Å². The maximum atomic E-state index is 12.2. The third-order valence-electron chi connectivity index (χ3n) is 3.61. The summed E-state index contributed by atoms with van der Waals surface area (Å²) in [5.74, 6) is -0.491. The fourth-order valence-electron chi connectivity index (χ4n) is 2.29. The molecule has 0 unspecified atom stereocenters. The molecular weight excluding hydrogens is 393 g/mol. The fraction of sp³-hybridized carbons (Fsp3) is 0.167. The third kappa shape index (κ3) is 4.78. The number of anilines is 1. The van der Waals surface area contributed by atoms with Crippen molar-refractivity contribution < 1.29 is 9.59 Å². The van der Waals surface area contributed by atoms with E-state index in [-0.39, 0.29) is 18.2 Å². The number of nitrogens with one attached hydrogen (secondary N) is 2. The predicted octanol–water partition coefficient (Wildman–Crippen LogP) is 4.55. The van der Waals surface area contributed by atoms with Crippen molar-refractivity contribution in [2.75, 3.05) is 5.32 Å². The van der Waals surface area contributed by atoms with Gasteiger partial charge in [-0.2, -0.15) is 0 Å². The molecule has 134 valence electrons. The van der Waals surface area contributed by atoms with Crippen molar-refractivity contribution >= 4 is 63.3 Å². The molecule has 2 amide bonds. The topological polar surface area (TPSA) is 70.6 Å². The zero-order valence-corrected chi connectivity index (χ0v) is 16.1. The number of carbonyl (C=O) groups is 2. The van der Waals surface area contributed by atoms with Gasteiger partial charge in [0.05, 0.1) is 10.7 Å². The minimum Gasteiger partial charge on any atom is -0.326 e. The molecule has 1 saturated heterocycles. The summed E-state index contributed by atoms with van der Waals surface area (Å²) >= 11 is 13.2. The first-order chi connectivity index (χ1) is 12.4. The quantitative estimate of drug-likeness (QED) is 0.780. The molecule has 0 aromatic heterocycles. The minimum absolute atomic E-state index is 0.0483. The Morgan fingerprint density at radius 2 is 1.96 bits per heavy atom. The highest BCUT2D eigenvalue weighted by molar-refractivity contribution is 8.15. The molecule has 0 spiro atoms. The van der Waals surface area contributed by atoms with E-state index in [0.717, 1.165) is 5.56 Å². The Balaban J connectivity index is 1.64. The Bertz CT molecular complexity index is 885. The molecular formula is C18H15Cl2N3O2S. The number of carbonyl (C=O) groups excluding carboxylic acids is 2. The lowest BCUT2D eigenvalue weighted by Gasteiger charge is -2.07. The van der Waals surface area contributed by atoms with Crippen LogP contribution in [0.4, 0.5) is 11.4 Å². The van der Waals surface area contributed by atoms with Crippen LogP contribution in [0.15, 0.2) is 47.5 Å². The largest absolute Gasteiger partial charge is 0.326 e. The van der Waals surface area contributed by atoms with Crippen molar-refractivity contribution in [1.29, 1.82) is 0 Å². The van der Waals surface area contributed by atoms with Gasteiger partial charge in [-0.25, -0.2) is 4.99 Å². The number of nitrogens with zero attached hydrogens (tertiary/aromatic N) is 1. The minimum atomic E-state index is -0.544. The summed E-state index contributed by atoms with van der Waals surface area (Å²) in [5, 5.41) is 6.23. The van der Waals surface area contributed by atoms with Crippen molar-refractivity contribution in [1.82, 2.24) is 5.32 Å². The Kier molecular flexibility index (Phi) is 5.86. The number of amidine groups is 1. The van der Waals surface area contributed by atoms with E-state index < -0.39 is 5.25 Å². The molecule has 1 fully saturated rings. The smallest absolute Gasteiger partial charge is 0.240 e. The van der Waals surface area contributed by atoms with Gasteiger partial charge in [0.2, 0.25) is 11.8 Å². The summed E-state index contributed by atoms with van der Waals surface area (Å²) in [5.41, 5.74) is 2.27. The number of thioether (sulfide) groups is 1. The number of hydrogen-bond acceptors (Lipinski definition) is 4. The SMILES string of the molecule is Cc1ccc(NC(=O)C[C@@H]2SC(=Nc3cc(Cl)ccc3Cl)NC2=O)cc1. The van der Waals surface area contributed by atoms with Crippen LogP contribution in [-0.2, 0) is 9.59 Å². The number of benzene rings is 2. The van der Waals surface area contributed by atoms with Gasteiger partial charge in [0.1, 0.15) is 5.25 Å². The standard InChI is InChI=1S/C18H15Cl2N3O2S/c1-10-2-5-12(6-3-10)21-16(24)9-15-17(25)23-18(26-15)22-14-8-11(19)4-7-13(14)20/h2-8,15H,9H2,1H3,(H,21,24)(H,22,23,25)/t15-/m0/s1. The van der Waals surface area contributed by atoms with Gasteiger partial charge in [-0.3, -0.25) is 9.59 Å². The first-order valence-electron chi connectivity index (χ1n) is 7.78. The molecule has 1 heterocycles. The molecule has 0 bridgehead atoms. The van der Waals surface area contributed by atoms with E-state index in [2.05, 4.69) is 15.6 Å². The molecule has 0 aliphatic carbocycles. The Morgan fingerprint density at radius 1 is 1.23 bits per heavy atom. The van der Waals surface area contributed by atoms with Crippen molar-refractivity contribution in [3.8, 4) is 0 Å². The van der Waals surface area contributed by atoms with Crippen LogP contribution in [-0.4, -0.2) is 22.2 Å². The molecule has 1 atom stereocenters. The second-order valence-electron chi connectivity index (χ2n) is 5.73. The van der Waals surface area contributed by atoms with Crippen LogP contribution in [0.2, 0.25) is 10.0 Å². The van der Waals surface area contributed by atoms with E-state index in [4.69, 9.17) is 23.2 Å². The van der Waals surface area contributed by atoms with Crippen LogP contribution in [0.25, 0.3) is 0 Å². The molecule has 1 aliphatic heterocycles. The summed E-state index contributed by atoms with van der Waals surface area (Å²) in [7, 11) is 0. The Morgan fingerprint density at radius 3 is 2.69 bits per heavy atom. The highest BCUT2D eigenvalue weighted by Crippen LogP contribution is 2.31. The summed E-state index contributed by atoms with van der Waals surface area (Å²) in [4.78, 5) is 28.6. The van der Waals surface area contributed by atoms with Crippen LogP contribution >= 0.6 is 35.0 Å². The van der Waals surface area contributed by atoms with Crippen LogP contribution in [0, 0.1) is 6.92 Å². The average Bonchev–Trinajstić information content (AvgIpc) is 2.92. The maximum absolute atomic E-state index is 12.2. The second-order valence-corrected chi connectivity index (χ2v) is 7.76. The van der Waals surface area contributed by atoms with Crippen molar-refractivity contribution in [2.24, 2.45) is 4.99 Å². The lowest BCUT2D eigenvalue weighted by molar-refractivity contribution is -0.122. The van der Waals surface area contributed by atoms with E-state index in [1.165, 1.54) is 11.8 Å². The molecule has 3 rings (SSSR count). The number of hydrogen-bond donors (Lipinski definition) is 2. The summed E-state index contributed by atoms with van der Waals surface area (Å²) < 4.78 is 0. The molecule has 0 saturated carbocycles. The molecule has 2 N–H and O–H groups in total. The Labute approximate surface area is 165 Å². The van der Waals surface area contributed by atoms with Gasteiger partial charge in [0.15, 0.2) is 5.17 Å². The van der Waals surface area contributed by atoms with Crippen LogP contribution in [0.5, 0.6) is 0 Å². The van der Waals surface area contributed by atoms with Crippen LogP contribution in [0.1, 0.15) is 12.0 Å². The first-order valence-corrected chi connectivity index (χ1v) is 9.42. The lowest BCUT2D eigenvalue weighted by Crippen LogP contribution is -2.28. The van der Waals surface area contributed by atoms with Gasteiger partial charge >= 0.3 is 0 Å². The Hall–Kier alpha value is -2.02. The van der Waals surface area contributed by atoms with E-state index in [9.17, 15) is 9.59 Å². The van der Waals surface area contributed by atoms with Crippen molar-refractivity contribution in [3.63, 3.8) is 0 Å². The zero-order chi connectivity index (χ0) is 18.7. The summed E-state index contributed by atoms with van der Waals surface area (Å²) in [6.45, 7) is 1.97. The highest BCUT2D eigenvalue weighted by Gasteiger charge is 2.32. The van der Waals surface area contributed by atoms with E-state index in [1.807, 2.05) is 31.2 Å². The fourth-order valence-corrected chi connectivity index (χ4v) is 3.60. The first kappa shape index (κ1) is 18.8. The van der Waals surface area contributed by atoms with E-state index in [1.54, 1.807) is 18.2 Å². The second kappa shape index (κ2) is 8.12. The van der Waals surface area contributed by atoms with E-state index in [0.29, 0.717) is 26.6 Å². The molecule has 8 heteroatoms. The molecule has 2 aromatic carbocycles. The van der Waals surface area contributed by atoms with Gasteiger partial charge < -0.3 is 10.6 Å². The number of aliphatic imine (C=N–C) groups is 1. The molecule has 26 heavy (non-hydrogen) atoms. The lowest BCUT2D eigenvalue weighted by atomic mass is 10.2. The van der Waals surface area contributed by atoms with Gasteiger partial charge in [-0.05, 0) is 37.3 Å². The van der Waals surface area contributed by atoms with Gasteiger partial charge in [0.25, 0.3) is 0 Å². The summed E-state index contributed by atoms with van der Waals surface area (Å²) in [6, 6.07) is 12.4. The van der Waals surface area contributed by atoms with Crippen LogP contribution in [0.3, 0.4) is 0 Å². The molecule has 5 nitrogen and oxygen atoms in total. The number of halogens is 2. The number of amides is 2. The normalized spacial score (nSPS) is 18.0. The molecule has 1 aliphatic rings. The van der Waals surface area contributed by atoms with Gasteiger partial charge in [-0.1, -0.05) is 52.7 Å². The number of aryl methyl sites for hydroxylation is 1. The third-order valence-corrected chi connectivity index (χ3v) is 5.25. The maximum Gasteiger partial charge on any atom is 0.240 e. The monoisotopic (exact) mass is 407 g/mol. The van der Waals surface area contributed by atoms with Gasteiger partial charge in [-0.15, -0.1) is 0 Å². The van der Waals surface area contributed by atoms with Crippen molar-refractivity contribution in [3.05, 3.63) is 58.1 Å². The van der Waals surface area contributed by atoms with E-state index >= 15 is 0 Å².